The third kappa shape index (κ3) is 2.59. The number of hydrogen-bond acceptors (Lipinski definition) is 2. The molecule has 0 saturated heterocycles. The molecule has 2 aromatic rings. The molecule has 17 heavy (non-hydrogen) atoms. The first-order valence-electron chi connectivity index (χ1n) is 6.20. The van der Waals surface area contributed by atoms with Gasteiger partial charge in [0.2, 0.25) is 0 Å². The van der Waals surface area contributed by atoms with Crippen molar-refractivity contribution >= 4 is 10.8 Å². The van der Waals surface area contributed by atoms with Crippen LogP contribution in [0.2, 0.25) is 0 Å². The molecular formula is C15H19NO. The zero-order chi connectivity index (χ0) is 12.1. The number of ether oxygens (including phenoxy) is 1. The summed E-state index contributed by atoms with van der Waals surface area (Å²) in [6, 6.07) is 12.5. The van der Waals surface area contributed by atoms with E-state index in [1.54, 1.807) is 0 Å². The molecule has 2 rings (SSSR count). The van der Waals surface area contributed by atoms with Crippen LogP contribution in [0, 0.1) is 0 Å². The maximum absolute atomic E-state index is 5.77. The molecule has 90 valence electrons. The Kier molecular flexibility index (Phi) is 3.99. The van der Waals surface area contributed by atoms with E-state index in [0.717, 1.165) is 25.2 Å². The Morgan fingerprint density at radius 1 is 1.06 bits per heavy atom. The summed E-state index contributed by atoms with van der Waals surface area (Å²) in [4.78, 5) is 0. The van der Waals surface area contributed by atoms with Crippen LogP contribution >= 0.6 is 0 Å². The normalized spacial score (nSPS) is 10.7. The molecule has 0 aliphatic carbocycles. The van der Waals surface area contributed by atoms with Crippen LogP contribution in [0.1, 0.15) is 18.9 Å². The Morgan fingerprint density at radius 2 is 1.82 bits per heavy atom. The number of nitrogens with two attached hydrogens (primary N) is 1. The van der Waals surface area contributed by atoms with Gasteiger partial charge in [0, 0.05) is 5.39 Å². The highest BCUT2D eigenvalue weighted by Gasteiger charge is 2.05. The summed E-state index contributed by atoms with van der Waals surface area (Å²) >= 11 is 0. The largest absolute Gasteiger partial charge is 0.493 e. The lowest BCUT2D eigenvalue weighted by atomic mass is 10.0. The van der Waals surface area contributed by atoms with Crippen LogP contribution in [0.15, 0.2) is 36.4 Å². The Labute approximate surface area is 102 Å². The fraction of sp³-hybridized carbons (Fsp3) is 0.333. The zero-order valence-electron chi connectivity index (χ0n) is 10.3. The lowest BCUT2D eigenvalue weighted by Crippen LogP contribution is -2.03. The van der Waals surface area contributed by atoms with Gasteiger partial charge in [0.05, 0.1) is 6.61 Å². The molecule has 0 saturated carbocycles. The Hall–Kier alpha value is -1.54. The Morgan fingerprint density at radius 3 is 2.53 bits per heavy atom. The summed E-state index contributed by atoms with van der Waals surface area (Å²) < 4.78 is 5.77. The summed E-state index contributed by atoms with van der Waals surface area (Å²) in [7, 11) is 0. The lowest BCUT2D eigenvalue weighted by molar-refractivity contribution is 0.321. The van der Waals surface area contributed by atoms with Crippen LogP contribution in [0.4, 0.5) is 0 Å². The van der Waals surface area contributed by atoms with Gasteiger partial charge in [-0.3, -0.25) is 0 Å². The molecule has 0 aliphatic rings. The molecule has 0 aliphatic heterocycles. The third-order valence-electron chi connectivity index (χ3n) is 2.85. The van der Waals surface area contributed by atoms with Crippen LogP contribution in [0.5, 0.6) is 5.75 Å². The predicted molar refractivity (Wildman–Crippen MR) is 72.5 cm³/mol. The van der Waals surface area contributed by atoms with Crippen molar-refractivity contribution in [3.8, 4) is 5.75 Å². The summed E-state index contributed by atoms with van der Waals surface area (Å²) in [6.07, 6.45) is 1.94. The molecule has 0 spiro atoms. The van der Waals surface area contributed by atoms with Crippen LogP contribution in [-0.2, 0) is 6.42 Å². The quantitative estimate of drug-likeness (QED) is 0.855. The maximum Gasteiger partial charge on any atom is 0.127 e. The molecule has 0 aromatic heterocycles. The first-order chi connectivity index (χ1) is 8.36. The zero-order valence-corrected chi connectivity index (χ0v) is 10.3. The van der Waals surface area contributed by atoms with Crippen molar-refractivity contribution in [2.75, 3.05) is 13.2 Å². The number of hydrogen-bond donors (Lipinski definition) is 1. The van der Waals surface area contributed by atoms with Crippen molar-refractivity contribution in [2.24, 2.45) is 5.73 Å². The molecule has 2 aromatic carbocycles. The Bertz CT molecular complexity index is 493. The predicted octanol–water partition coefficient (Wildman–Crippen LogP) is 3.13. The van der Waals surface area contributed by atoms with Gasteiger partial charge in [0.1, 0.15) is 5.75 Å². The van der Waals surface area contributed by atoms with E-state index in [0.29, 0.717) is 6.54 Å². The van der Waals surface area contributed by atoms with Gasteiger partial charge in [-0.2, -0.15) is 0 Å². The molecule has 2 N–H and O–H groups in total. The molecule has 0 radical (unpaired) electrons. The molecular weight excluding hydrogens is 210 g/mol. The lowest BCUT2D eigenvalue weighted by Gasteiger charge is -2.11. The average molecular weight is 229 g/mol. The molecule has 2 nitrogen and oxygen atoms in total. The number of fused-ring (bicyclic) bond motifs is 1. The fourth-order valence-corrected chi connectivity index (χ4v) is 2.05. The van der Waals surface area contributed by atoms with Gasteiger partial charge in [0.25, 0.3) is 0 Å². The van der Waals surface area contributed by atoms with Gasteiger partial charge >= 0.3 is 0 Å². The first-order valence-corrected chi connectivity index (χ1v) is 6.20. The van der Waals surface area contributed by atoms with Crippen LogP contribution in [0.25, 0.3) is 10.8 Å². The van der Waals surface area contributed by atoms with Gasteiger partial charge in [-0.1, -0.05) is 37.3 Å². The summed E-state index contributed by atoms with van der Waals surface area (Å²) in [5.41, 5.74) is 6.94. The van der Waals surface area contributed by atoms with Gasteiger partial charge < -0.3 is 10.5 Å². The summed E-state index contributed by atoms with van der Waals surface area (Å²) in [5.74, 6) is 0.975. The second kappa shape index (κ2) is 5.69. The molecule has 0 amide bonds. The van der Waals surface area contributed by atoms with Crippen LogP contribution in [0.3, 0.4) is 0 Å². The first kappa shape index (κ1) is 11.9. The third-order valence-corrected chi connectivity index (χ3v) is 2.85. The van der Waals surface area contributed by atoms with Crippen molar-refractivity contribution in [3.63, 3.8) is 0 Å². The summed E-state index contributed by atoms with van der Waals surface area (Å²) in [6.45, 7) is 3.56. The van der Waals surface area contributed by atoms with Gasteiger partial charge in [0.15, 0.2) is 0 Å². The number of rotatable bonds is 5. The minimum Gasteiger partial charge on any atom is -0.493 e. The van der Waals surface area contributed by atoms with E-state index >= 15 is 0 Å². The van der Waals surface area contributed by atoms with E-state index in [4.69, 9.17) is 10.5 Å². The standard InChI is InChI=1S/C15H19NO/c1-2-11-17-15-8-7-12(9-10-16)13-5-3-4-6-14(13)15/h3-8H,2,9-11,16H2,1H3. The second-order valence-electron chi connectivity index (χ2n) is 4.16. The van der Waals surface area contributed by atoms with E-state index in [2.05, 4.69) is 37.3 Å². The van der Waals surface area contributed by atoms with E-state index in [1.807, 2.05) is 6.07 Å². The van der Waals surface area contributed by atoms with Crippen molar-refractivity contribution < 1.29 is 4.74 Å². The average Bonchev–Trinajstić information content (AvgIpc) is 2.38. The van der Waals surface area contributed by atoms with Crippen molar-refractivity contribution in [1.29, 1.82) is 0 Å². The number of benzene rings is 2. The van der Waals surface area contributed by atoms with E-state index in [1.165, 1.54) is 16.3 Å². The highest BCUT2D eigenvalue weighted by molar-refractivity contribution is 5.91. The molecule has 0 atom stereocenters. The minimum atomic E-state index is 0.680. The molecule has 2 heteroatoms. The van der Waals surface area contributed by atoms with Gasteiger partial charge in [-0.25, -0.2) is 0 Å². The fourth-order valence-electron chi connectivity index (χ4n) is 2.05. The molecule has 0 bridgehead atoms. The molecule has 0 fully saturated rings. The molecule has 0 unspecified atom stereocenters. The highest BCUT2D eigenvalue weighted by Crippen LogP contribution is 2.28. The smallest absolute Gasteiger partial charge is 0.127 e. The molecule has 0 heterocycles. The summed E-state index contributed by atoms with van der Waals surface area (Å²) in [5, 5.41) is 2.44. The van der Waals surface area contributed by atoms with Gasteiger partial charge in [-0.15, -0.1) is 0 Å². The Balaban J connectivity index is 2.46. The monoisotopic (exact) mass is 229 g/mol. The van der Waals surface area contributed by atoms with E-state index in [9.17, 15) is 0 Å². The minimum absolute atomic E-state index is 0.680. The van der Waals surface area contributed by atoms with Gasteiger partial charge in [-0.05, 0) is 36.4 Å². The van der Waals surface area contributed by atoms with Crippen LogP contribution in [-0.4, -0.2) is 13.2 Å². The SMILES string of the molecule is CCCOc1ccc(CCN)c2ccccc12. The highest BCUT2D eigenvalue weighted by atomic mass is 16.5. The maximum atomic E-state index is 5.77. The van der Waals surface area contributed by atoms with E-state index < -0.39 is 0 Å². The van der Waals surface area contributed by atoms with Crippen LogP contribution < -0.4 is 10.5 Å². The topological polar surface area (TPSA) is 35.2 Å². The van der Waals surface area contributed by atoms with Crippen molar-refractivity contribution in [2.45, 2.75) is 19.8 Å². The van der Waals surface area contributed by atoms with Crippen molar-refractivity contribution in [3.05, 3.63) is 42.0 Å². The van der Waals surface area contributed by atoms with Crippen molar-refractivity contribution in [1.82, 2.24) is 0 Å². The van der Waals surface area contributed by atoms with E-state index in [-0.39, 0.29) is 0 Å². The second-order valence-corrected chi connectivity index (χ2v) is 4.16.